The van der Waals surface area contributed by atoms with Gasteiger partial charge in [-0.1, -0.05) is 0 Å². The fourth-order valence-electron chi connectivity index (χ4n) is 1.53. The van der Waals surface area contributed by atoms with Gasteiger partial charge in [0.15, 0.2) is 15.8 Å². The number of H-pyrrole nitrogens is 2. The van der Waals surface area contributed by atoms with Gasteiger partial charge in [0.05, 0.1) is 5.69 Å². The molecule has 0 unspecified atom stereocenters. The molecule has 0 radical (unpaired) electrons. The molecule has 0 saturated heterocycles. The summed E-state index contributed by atoms with van der Waals surface area (Å²) in [7, 11) is 0. The highest BCUT2D eigenvalue weighted by atomic mass is 32.2. The molecule has 0 aliphatic heterocycles. The molecule has 0 aliphatic rings. The standard InChI is InChI=1S/C9H7N7O2S/c1-4-5-6(14-7(13-5)16(17)18)15-9(12-4)19-8-10-2-3-11-8/h2-3H,1H3,(H,10,11)(H,12,13,14,15). The van der Waals surface area contributed by atoms with Crippen LogP contribution in [-0.2, 0) is 0 Å². The first-order valence-electron chi connectivity index (χ1n) is 5.19. The van der Waals surface area contributed by atoms with E-state index in [1.54, 1.807) is 19.3 Å². The van der Waals surface area contributed by atoms with Crippen LogP contribution in [0, 0.1) is 17.0 Å². The Labute approximate surface area is 110 Å². The van der Waals surface area contributed by atoms with Crippen molar-refractivity contribution in [1.29, 1.82) is 0 Å². The molecule has 3 aromatic rings. The van der Waals surface area contributed by atoms with Crippen molar-refractivity contribution in [3.63, 3.8) is 0 Å². The van der Waals surface area contributed by atoms with Crippen molar-refractivity contribution in [1.82, 2.24) is 29.9 Å². The molecule has 10 heteroatoms. The Morgan fingerprint density at radius 1 is 1.37 bits per heavy atom. The van der Waals surface area contributed by atoms with Crippen LogP contribution in [0.2, 0.25) is 0 Å². The molecule has 0 atom stereocenters. The number of aromatic amines is 2. The van der Waals surface area contributed by atoms with E-state index < -0.39 is 4.92 Å². The lowest BCUT2D eigenvalue weighted by atomic mass is 10.4. The molecule has 9 nitrogen and oxygen atoms in total. The molecule has 0 aliphatic carbocycles. The monoisotopic (exact) mass is 277 g/mol. The van der Waals surface area contributed by atoms with Crippen molar-refractivity contribution in [2.24, 2.45) is 0 Å². The number of hydrogen-bond acceptors (Lipinski definition) is 7. The summed E-state index contributed by atoms with van der Waals surface area (Å²) in [5.74, 6) is -0.340. The summed E-state index contributed by atoms with van der Waals surface area (Å²) >= 11 is 1.23. The average Bonchev–Trinajstić information content (AvgIpc) is 2.97. The largest absolute Gasteiger partial charge is 0.435 e. The van der Waals surface area contributed by atoms with E-state index >= 15 is 0 Å². The number of nitro groups is 1. The molecule has 0 spiro atoms. The maximum Gasteiger partial charge on any atom is 0.435 e. The second-order valence-electron chi connectivity index (χ2n) is 3.60. The molecule has 3 heterocycles. The molecule has 96 valence electrons. The highest BCUT2D eigenvalue weighted by Crippen LogP contribution is 2.24. The van der Waals surface area contributed by atoms with E-state index in [2.05, 4.69) is 29.9 Å². The predicted octanol–water partition coefficient (Wildman–Crippen LogP) is 1.44. The van der Waals surface area contributed by atoms with Crippen LogP contribution < -0.4 is 0 Å². The fraction of sp³-hybridized carbons (Fsp3) is 0.111. The molecule has 2 N–H and O–H groups in total. The second-order valence-corrected chi connectivity index (χ2v) is 4.56. The van der Waals surface area contributed by atoms with Crippen molar-refractivity contribution >= 4 is 28.9 Å². The van der Waals surface area contributed by atoms with Gasteiger partial charge in [0, 0.05) is 12.4 Å². The van der Waals surface area contributed by atoms with Crippen LogP contribution in [0.3, 0.4) is 0 Å². The first kappa shape index (κ1) is 11.6. The lowest BCUT2D eigenvalue weighted by Crippen LogP contribution is -1.92. The highest BCUT2D eigenvalue weighted by Gasteiger charge is 2.19. The van der Waals surface area contributed by atoms with E-state index in [1.807, 2.05) is 0 Å². The summed E-state index contributed by atoms with van der Waals surface area (Å²) < 4.78 is 0. The predicted molar refractivity (Wildman–Crippen MR) is 65.8 cm³/mol. The first-order chi connectivity index (χ1) is 9.13. The van der Waals surface area contributed by atoms with E-state index in [-0.39, 0.29) is 11.6 Å². The van der Waals surface area contributed by atoms with Gasteiger partial charge >= 0.3 is 5.95 Å². The lowest BCUT2D eigenvalue weighted by molar-refractivity contribution is -0.393. The quantitative estimate of drug-likeness (QED) is 0.421. The number of aryl methyl sites for hydroxylation is 1. The minimum absolute atomic E-state index is 0.272. The van der Waals surface area contributed by atoms with Crippen LogP contribution >= 0.6 is 11.8 Å². The third kappa shape index (κ3) is 2.12. The maximum absolute atomic E-state index is 10.7. The smallest absolute Gasteiger partial charge is 0.390 e. The summed E-state index contributed by atoms with van der Waals surface area (Å²) in [6, 6.07) is 0. The zero-order valence-corrected chi connectivity index (χ0v) is 10.4. The number of imidazole rings is 2. The molecule has 3 rings (SSSR count). The molecule has 0 saturated carbocycles. The van der Waals surface area contributed by atoms with E-state index in [1.165, 1.54) is 11.8 Å². The lowest BCUT2D eigenvalue weighted by Gasteiger charge is -1.96. The van der Waals surface area contributed by atoms with Crippen molar-refractivity contribution < 1.29 is 4.92 Å². The van der Waals surface area contributed by atoms with Crippen LogP contribution in [0.4, 0.5) is 5.95 Å². The minimum Gasteiger partial charge on any atom is -0.390 e. The Morgan fingerprint density at radius 2 is 2.21 bits per heavy atom. The molecule has 19 heavy (non-hydrogen) atoms. The fourth-order valence-corrected chi connectivity index (χ4v) is 2.25. The van der Waals surface area contributed by atoms with Gasteiger partial charge in [0.25, 0.3) is 5.65 Å². The van der Waals surface area contributed by atoms with Gasteiger partial charge in [-0.15, -0.1) is 0 Å². The van der Waals surface area contributed by atoms with Gasteiger partial charge in [0.2, 0.25) is 0 Å². The topological polar surface area (TPSA) is 126 Å². The van der Waals surface area contributed by atoms with Crippen molar-refractivity contribution in [3.8, 4) is 0 Å². The summed E-state index contributed by atoms with van der Waals surface area (Å²) in [6.45, 7) is 1.73. The van der Waals surface area contributed by atoms with Crippen LogP contribution in [0.1, 0.15) is 5.69 Å². The average molecular weight is 277 g/mol. The Balaban J connectivity index is 2.05. The Hall–Kier alpha value is -2.49. The molecule has 0 bridgehead atoms. The number of fused-ring (bicyclic) bond motifs is 1. The van der Waals surface area contributed by atoms with Crippen LogP contribution in [0.15, 0.2) is 22.7 Å². The van der Waals surface area contributed by atoms with E-state index in [0.29, 0.717) is 21.5 Å². The SMILES string of the molecule is Cc1nc(Sc2ncc[nH]2)nc2nc([N+](=O)[O-])[nH]c12. The zero-order valence-electron chi connectivity index (χ0n) is 9.62. The number of nitrogens with one attached hydrogen (secondary N) is 2. The summed E-state index contributed by atoms with van der Waals surface area (Å²) in [4.78, 5) is 31.8. The number of hydrogen-bond donors (Lipinski definition) is 2. The Morgan fingerprint density at radius 3 is 2.89 bits per heavy atom. The Bertz CT molecular complexity index is 751. The summed E-state index contributed by atoms with van der Waals surface area (Å²) in [5.41, 5.74) is 1.34. The van der Waals surface area contributed by atoms with Gasteiger partial charge in [-0.25, -0.2) is 15.0 Å². The molecule has 0 fully saturated rings. The zero-order chi connectivity index (χ0) is 13.4. The van der Waals surface area contributed by atoms with E-state index in [9.17, 15) is 10.1 Å². The van der Waals surface area contributed by atoms with Crippen LogP contribution in [0.5, 0.6) is 0 Å². The molecule has 0 aromatic carbocycles. The third-order valence-electron chi connectivity index (χ3n) is 2.33. The summed E-state index contributed by atoms with van der Waals surface area (Å²) in [6.07, 6.45) is 3.31. The normalized spacial score (nSPS) is 11.0. The maximum atomic E-state index is 10.7. The number of rotatable bonds is 3. The summed E-state index contributed by atoms with van der Waals surface area (Å²) in [5, 5.41) is 11.7. The van der Waals surface area contributed by atoms with Gasteiger partial charge in [-0.2, -0.15) is 4.98 Å². The van der Waals surface area contributed by atoms with Crippen molar-refractivity contribution in [3.05, 3.63) is 28.2 Å². The number of aromatic nitrogens is 6. The van der Waals surface area contributed by atoms with E-state index in [0.717, 1.165) is 0 Å². The molecule has 0 amide bonds. The molecular formula is C9H7N7O2S. The van der Waals surface area contributed by atoms with Crippen LogP contribution in [-0.4, -0.2) is 34.8 Å². The Kier molecular flexibility index (Phi) is 2.63. The van der Waals surface area contributed by atoms with E-state index in [4.69, 9.17) is 0 Å². The van der Waals surface area contributed by atoms with Crippen molar-refractivity contribution in [2.75, 3.05) is 0 Å². The van der Waals surface area contributed by atoms with Crippen LogP contribution in [0.25, 0.3) is 11.2 Å². The third-order valence-corrected chi connectivity index (χ3v) is 3.11. The van der Waals surface area contributed by atoms with Gasteiger partial charge in [-0.05, 0) is 28.6 Å². The van der Waals surface area contributed by atoms with Gasteiger partial charge in [0.1, 0.15) is 0 Å². The number of nitrogens with zero attached hydrogens (tertiary/aromatic N) is 5. The first-order valence-corrected chi connectivity index (χ1v) is 6.01. The van der Waals surface area contributed by atoms with Gasteiger partial charge in [-0.3, -0.25) is 0 Å². The highest BCUT2D eigenvalue weighted by molar-refractivity contribution is 7.99. The van der Waals surface area contributed by atoms with Gasteiger partial charge < -0.3 is 15.1 Å². The van der Waals surface area contributed by atoms with Crippen molar-refractivity contribution in [2.45, 2.75) is 17.2 Å². The molecular weight excluding hydrogens is 270 g/mol. The second kappa shape index (κ2) is 4.31. The minimum atomic E-state index is -0.597. The molecule has 3 aromatic heterocycles.